The Kier molecular flexibility index (Phi) is 3.54. The van der Waals surface area contributed by atoms with E-state index >= 15 is 0 Å². The second-order valence-corrected chi connectivity index (χ2v) is 6.07. The molecule has 0 saturated carbocycles. The third-order valence-corrected chi connectivity index (χ3v) is 3.11. The number of hydrogen-bond donors (Lipinski definition) is 1. The van der Waals surface area contributed by atoms with Gasteiger partial charge in [0, 0.05) is 11.0 Å². The molecule has 0 aliphatic carbocycles. The van der Waals surface area contributed by atoms with Crippen molar-refractivity contribution in [2.45, 2.75) is 26.2 Å². The maximum Gasteiger partial charge on any atom is 0.223 e. The molecule has 0 amide bonds. The summed E-state index contributed by atoms with van der Waals surface area (Å²) in [6.45, 7) is 5.98. The van der Waals surface area contributed by atoms with Gasteiger partial charge in [-0.15, -0.1) is 0 Å². The topological polar surface area (TPSA) is 64.7 Å². The summed E-state index contributed by atoms with van der Waals surface area (Å²) in [5, 5.41) is 0. The number of nitrogens with zero attached hydrogens (tertiary/aromatic N) is 3. The molecule has 1 heterocycles. The smallest absolute Gasteiger partial charge is 0.223 e. The maximum atomic E-state index is 13.2. The Morgan fingerprint density at radius 2 is 1.84 bits per heavy atom. The minimum absolute atomic E-state index is 0.162. The minimum Gasteiger partial charge on any atom is -0.368 e. The van der Waals surface area contributed by atoms with Crippen LogP contribution in [-0.4, -0.2) is 15.0 Å². The summed E-state index contributed by atoms with van der Waals surface area (Å²) in [5.74, 6) is 0.880. The molecule has 6 heteroatoms. The molecule has 0 radical (unpaired) electrons. The molecule has 0 aliphatic heterocycles. The second kappa shape index (κ2) is 4.85. The first-order valence-corrected chi connectivity index (χ1v) is 6.54. The predicted molar refractivity (Wildman–Crippen MR) is 76.0 cm³/mol. The van der Waals surface area contributed by atoms with E-state index < -0.39 is 0 Å². The van der Waals surface area contributed by atoms with E-state index in [2.05, 4.69) is 30.9 Å². The van der Waals surface area contributed by atoms with Crippen LogP contribution >= 0.6 is 15.9 Å². The van der Waals surface area contributed by atoms with Crippen molar-refractivity contribution in [3.05, 3.63) is 34.3 Å². The number of anilines is 1. The first kappa shape index (κ1) is 13.9. The highest BCUT2D eigenvalue weighted by Crippen LogP contribution is 2.25. The fraction of sp³-hybridized carbons (Fsp3) is 0.308. The molecule has 0 bridgehead atoms. The zero-order valence-electron chi connectivity index (χ0n) is 10.9. The molecule has 0 fully saturated rings. The predicted octanol–water partition coefficient (Wildman–Crippen LogP) is 3.32. The summed E-state index contributed by atoms with van der Waals surface area (Å²) in [5.41, 5.74) is 6.17. The van der Waals surface area contributed by atoms with Gasteiger partial charge < -0.3 is 5.73 Å². The molecule has 4 nitrogen and oxygen atoms in total. The molecule has 1 aromatic heterocycles. The summed E-state index contributed by atoms with van der Waals surface area (Å²) < 4.78 is 13.6. The molecule has 0 aliphatic rings. The van der Waals surface area contributed by atoms with Crippen LogP contribution in [0.5, 0.6) is 0 Å². The summed E-state index contributed by atoms with van der Waals surface area (Å²) in [4.78, 5) is 12.6. The van der Waals surface area contributed by atoms with Gasteiger partial charge in [-0.3, -0.25) is 0 Å². The second-order valence-electron chi connectivity index (χ2n) is 5.22. The number of benzene rings is 1. The van der Waals surface area contributed by atoms with Gasteiger partial charge in [0.25, 0.3) is 0 Å². The van der Waals surface area contributed by atoms with Gasteiger partial charge in [-0.2, -0.15) is 9.97 Å². The van der Waals surface area contributed by atoms with Crippen molar-refractivity contribution < 1.29 is 4.39 Å². The lowest BCUT2D eigenvalue weighted by atomic mass is 9.96. The van der Waals surface area contributed by atoms with Crippen molar-refractivity contribution in [2.24, 2.45) is 0 Å². The largest absolute Gasteiger partial charge is 0.368 e. The van der Waals surface area contributed by atoms with Crippen molar-refractivity contribution in [1.29, 1.82) is 0 Å². The molecule has 0 unspecified atom stereocenters. The lowest BCUT2D eigenvalue weighted by Gasteiger charge is -2.17. The Hall–Kier alpha value is -1.56. The maximum absolute atomic E-state index is 13.2. The van der Waals surface area contributed by atoms with Crippen LogP contribution in [-0.2, 0) is 5.41 Å². The van der Waals surface area contributed by atoms with Crippen LogP contribution in [0.2, 0.25) is 0 Å². The summed E-state index contributed by atoms with van der Waals surface area (Å²) in [7, 11) is 0. The SMILES string of the molecule is CC(C)(C)c1nc(N)nc(-c2ccc(F)c(Br)c2)n1. The molecule has 19 heavy (non-hydrogen) atoms. The van der Waals surface area contributed by atoms with E-state index in [-0.39, 0.29) is 17.2 Å². The number of nitrogen functional groups attached to an aromatic ring is 1. The highest BCUT2D eigenvalue weighted by molar-refractivity contribution is 9.10. The average molecular weight is 325 g/mol. The van der Waals surface area contributed by atoms with Gasteiger partial charge in [0.05, 0.1) is 4.47 Å². The third kappa shape index (κ3) is 3.07. The van der Waals surface area contributed by atoms with Crippen LogP contribution in [0.3, 0.4) is 0 Å². The van der Waals surface area contributed by atoms with Crippen LogP contribution in [0.1, 0.15) is 26.6 Å². The zero-order valence-corrected chi connectivity index (χ0v) is 12.5. The molecular formula is C13H14BrFN4. The molecule has 0 atom stereocenters. The highest BCUT2D eigenvalue weighted by Gasteiger charge is 2.20. The Bertz CT molecular complexity index is 623. The zero-order chi connectivity index (χ0) is 14.2. The van der Waals surface area contributed by atoms with Gasteiger partial charge in [-0.05, 0) is 34.1 Å². The number of hydrogen-bond acceptors (Lipinski definition) is 4. The van der Waals surface area contributed by atoms with Gasteiger partial charge in [-0.1, -0.05) is 20.8 Å². The Balaban J connectivity index is 2.56. The van der Waals surface area contributed by atoms with Crippen molar-refractivity contribution in [3.8, 4) is 11.4 Å². The summed E-state index contributed by atoms with van der Waals surface area (Å²) in [6.07, 6.45) is 0. The number of aromatic nitrogens is 3. The first-order valence-electron chi connectivity index (χ1n) is 5.75. The van der Waals surface area contributed by atoms with Crippen LogP contribution in [0.15, 0.2) is 22.7 Å². The third-order valence-electron chi connectivity index (χ3n) is 2.50. The Morgan fingerprint density at radius 3 is 2.42 bits per heavy atom. The quantitative estimate of drug-likeness (QED) is 0.873. The first-order chi connectivity index (χ1) is 8.77. The molecule has 1 aromatic carbocycles. The lowest BCUT2D eigenvalue weighted by Crippen LogP contribution is -2.18. The molecule has 2 aromatic rings. The van der Waals surface area contributed by atoms with Crippen molar-refractivity contribution >= 4 is 21.9 Å². The monoisotopic (exact) mass is 324 g/mol. The van der Waals surface area contributed by atoms with E-state index in [1.165, 1.54) is 6.07 Å². The highest BCUT2D eigenvalue weighted by atomic mass is 79.9. The minimum atomic E-state index is -0.332. The van der Waals surface area contributed by atoms with Crippen molar-refractivity contribution in [2.75, 3.05) is 5.73 Å². The summed E-state index contributed by atoms with van der Waals surface area (Å²) in [6, 6.07) is 4.59. The summed E-state index contributed by atoms with van der Waals surface area (Å²) >= 11 is 3.14. The van der Waals surface area contributed by atoms with Crippen LogP contribution in [0.4, 0.5) is 10.3 Å². The van der Waals surface area contributed by atoms with Gasteiger partial charge >= 0.3 is 0 Å². The fourth-order valence-corrected chi connectivity index (χ4v) is 1.87. The van der Waals surface area contributed by atoms with E-state index in [4.69, 9.17) is 5.73 Å². The van der Waals surface area contributed by atoms with Gasteiger partial charge in [0.15, 0.2) is 5.82 Å². The molecule has 100 valence electrons. The lowest BCUT2D eigenvalue weighted by molar-refractivity contribution is 0.544. The van der Waals surface area contributed by atoms with Gasteiger partial charge in [0.1, 0.15) is 11.6 Å². The number of nitrogens with two attached hydrogens (primary N) is 1. The number of rotatable bonds is 1. The van der Waals surface area contributed by atoms with E-state index in [1.807, 2.05) is 20.8 Å². The average Bonchev–Trinajstić information content (AvgIpc) is 2.31. The van der Waals surface area contributed by atoms with Crippen LogP contribution in [0.25, 0.3) is 11.4 Å². The van der Waals surface area contributed by atoms with Crippen molar-refractivity contribution in [1.82, 2.24) is 15.0 Å². The Labute approximate surface area is 119 Å². The molecule has 0 saturated heterocycles. The van der Waals surface area contributed by atoms with Crippen LogP contribution < -0.4 is 5.73 Å². The van der Waals surface area contributed by atoms with E-state index in [1.54, 1.807) is 12.1 Å². The Morgan fingerprint density at radius 1 is 1.16 bits per heavy atom. The van der Waals surface area contributed by atoms with E-state index in [9.17, 15) is 4.39 Å². The molecule has 2 rings (SSSR count). The molecule has 0 spiro atoms. The van der Waals surface area contributed by atoms with Crippen molar-refractivity contribution in [3.63, 3.8) is 0 Å². The molecular weight excluding hydrogens is 311 g/mol. The number of halogens is 2. The standard InChI is InChI=1S/C13H14BrFN4/c1-13(2,3)11-17-10(18-12(16)19-11)7-4-5-9(15)8(14)6-7/h4-6H,1-3H3,(H2,16,17,18,19). The van der Waals surface area contributed by atoms with Crippen LogP contribution in [0, 0.1) is 5.82 Å². The normalized spacial score (nSPS) is 11.6. The van der Waals surface area contributed by atoms with E-state index in [0.717, 1.165) is 0 Å². The van der Waals surface area contributed by atoms with E-state index in [0.29, 0.717) is 21.7 Å². The van der Waals surface area contributed by atoms with Gasteiger partial charge in [-0.25, -0.2) is 9.37 Å². The molecule has 2 N–H and O–H groups in total. The van der Waals surface area contributed by atoms with Gasteiger partial charge in [0.2, 0.25) is 5.95 Å². The fourth-order valence-electron chi connectivity index (χ4n) is 1.49.